The first-order chi connectivity index (χ1) is 16.5. The fourth-order valence-electron chi connectivity index (χ4n) is 3.09. The second kappa shape index (κ2) is 23.4. The zero-order chi connectivity index (χ0) is 27.8. The van der Waals surface area contributed by atoms with Crippen LogP contribution in [-0.2, 0) is 0 Å². The molecule has 0 saturated carbocycles. The van der Waals surface area contributed by atoms with Gasteiger partial charge >= 0.3 is 5.96 Å². The van der Waals surface area contributed by atoms with Crippen molar-refractivity contribution in [3.05, 3.63) is 0 Å². The molecule has 0 aliphatic carbocycles. The number of hydrogen-bond acceptors (Lipinski definition) is 4. The maximum absolute atomic E-state index is 8.56. The van der Waals surface area contributed by atoms with E-state index in [0.29, 0.717) is 17.0 Å². The highest BCUT2D eigenvalue weighted by Gasteiger charge is 2.21. The second-order valence-electron chi connectivity index (χ2n) is 9.03. The van der Waals surface area contributed by atoms with E-state index in [0.717, 1.165) is 70.9 Å². The third kappa shape index (κ3) is 23.1. The van der Waals surface area contributed by atoms with Crippen LogP contribution >= 0.6 is 0 Å². The maximum Gasteiger partial charge on any atom is 0.302 e. The van der Waals surface area contributed by atoms with E-state index < -0.39 is 0 Å². The van der Waals surface area contributed by atoms with Gasteiger partial charge in [0.2, 0.25) is 11.9 Å². The minimum atomic E-state index is -0.293. The van der Waals surface area contributed by atoms with Gasteiger partial charge in [0, 0.05) is 6.54 Å². The molecule has 10 nitrogen and oxygen atoms in total. The van der Waals surface area contributed by atoms with Crippen LogP contribution < -0.4 is 28.3 Å². The lowest BCUT2D eigenvalue weighted by Crippen LogP contribution is -2.51. The molecular weight excluding hydrogens is 440 g/mol. The van der Waals surface area contributed by atoms with Gasteiger partial charge in [-0.25, -0.2) is 4.99 Å². The Labute approximate surface area is 215 Å². The SMILES string of the molecule is CC.CC.CC(C)(CCCCCCN=C(N)/N=C(\N)[N+](C)(C)CCCCCCN)N=C(N)NC#N. The number of aliphatic imine (C=N–C) groups is 3. The summed E-state index contributed by atoms with van der Waals surface area (Å²) < 4.78 is 0.505. The predicted molar refractivity (Wildman–Crippen MR) is 153 cm³/mol. The van der Waals surface area contributed by atoms with Crippen LogP contribution in [-0.4, -0.2) is 61.6 Å². The molecule has 35 heavy (non-hydrogen) atoms. The Hall–Kier alpha value is -2.38. The summed E-state index contributed by atoms with van der Waals surface area (Å²) in [5.74, 6) is 0.876. The van der Waals surface area contributed by atoms with Gasteiger partial charge in [-0.05, 0) is 52.5 Å². The fourth-order valence-corrected chi connectivity index (χ4v) is 3.09. The standard InChI is InChI=1S/C21H45N10.2C2H6/c1-21(2,30-19(25)28-17-23)13-9-5-7-11-15-27-18(24)29-20(26)31(3,4)16-12-8-6-10-14-22;2*1-2/h5-16,22H2,1-4H3,(H3,25,28,30)(H4,24,26,27,29);2*1-2H3/q+1;;. The minimum Gasteiger partial charge on any atom is -0.369 e. The van der Waals surface area contributed by atoms with Crippen LogP contribution in [0.25, 0.3) is 0 Å². The van der Waals surface area contributed by atoms with Gasteiger partial charge in [-0.2, -0.15) is 5.26 Å². The van der Waals surface area contributed by atoms with Crippen LogP contribution in [0.15, 0.2) is 15.0 Å². The van der Waals surface area contributed by atoms with Crippen LogP contribution in [0.4, 0.5) is 0 Å². The van der Waals surface area contributed by atoms with Crippen LogP contribution in [0.2, 0.25) is 0 Å². The summed E-state index contributed by atoms with van der Waals surface area (Å²) in [6.45, 7) is 14.3. The Morgan fingerprint density at radius 3 is 2.00 bits per heavy atom. The van der Waals surface area contributed by atoms with Gasteiger partial charge in [-0.1, -0.05) is 53.4 Å². The van der Waals surface area contributed by atoms with E-state index in [1.54, 1.807) is 6.19 Å². The summed E-state index contributed by atoms with van der Waals surface area (Å²) in [6.07, 6.45) is 11.2. The third-order valence-corrected chi connectivity index (χ3v) is 5.10. The number of nitrogens with two attached hydrogens (primary N) is 4. The van der Waals surface area contributed by atoms with Crippen molar-refractivity contribution in [2.45, 2.75) is 105 Å². The molecule has 0 bridgehead atoms. The summed E-state index contributed by atoms with van der Waals surface area (Å²) in [7, 11) is 4.06. The summed E-state index contributed by atoms with van der Waals surface area (Å²) in [5, 5.41) is 10.9. The van der Waals surface area contributed by atoms with Crippen molar-refractivity contribution < 1.29 is 4.48 Å². The number of rotatable bonds is 14. The van der Waals surface area contributed by atoms with Crippen molar-refractivity contribution in [2.24, 2.45) is 37.9 Å². The van der Waals surface area contributed by atoms with Crippen molar-refractivity contribution in [3.8, 4) is 6.19 Å². The summed E-state index contributed by atoms with van der Waals surface area (Å²) in [4.78, 5) is 12.9. The van der Waals surface area contributed by atoms with Crippen LogP contribution in [0.3, 0.4) is 0 Å². The zero-order valence-electron chi connectivity index (χ0n) is 24.0. The van der Waals surface area contributed by atoms with Crippen molar-refractivity contribution in [2.75, 3.05) is 33.7 Å². The molecule has 0 saturated heterocycles. The van der Waals surface area contributed by atoms with E-state index in [-0.39, 0.29) is 17.5 Å². The molecule has 0 aromatic carbocycles. The van der Waals surface area contributed by atoms with Crippen LogP contribution in [0.1, 0.15) is 99.3 Å². The van der Waals surface area contributed by atoms with Crippen LogP contribution in [0, 0.1) is 11.5 Å². The summed E-state index contributed by atoms with van der Waals surface area (Å²) >= 11 is 0. The number of nitrogens with one attached hydrogen (secondary N) is 1. The highest BCUT2D eigenvalue weighted by molar-refractivity contribution is 5.90. The minimum absolute atomic E-state index is 0.158. The molecule has 0 unspecified atom stereocenters. The molecule has 0 aliphatic heterocycles. The second-order valence-corrected chi connectivity index (χ2v) is 9.03. The van der Waals surface area contributed by atoms with Gasteiger partial charge in [-0.15, -0.1) is 4.99 Å². The van der Waals surface area contributed by atoms with E-state index in [1.165, 1.54) is 0 Å². The molecular formula is C25H57N10+. The molecule has 0 atom stereocenters. The summed E-state index contributed by atoms with van der Waals surface area (Å²) in [5.41, 5.74) is 23.0. The first-order valence-electron chi connectivity index (χ1n) is 13.2. The van der Waals surface area contributed by atoms with Gasteiger partial charge in [0.25, 0.3) is 0 Å². The molecule has 0 aromatic heterocycles. The number of unbranched alkanes of at least 4 members (excludes halogenated alkanes) is 6. The highest BCUT2D eigenvalue weighted by atomic mass is 15.4. The molecule has 10 heteroatoms. The predicted octanol–water partition coefficient (Wildman–Crippen LogP) is 3.38. The number of nitriles is 1. The fraction of sp³-hybridized carbons (Fsp3) is 0.840. The van der Waals surface area contributed by atoms with Crippen molar-refractivity contribution in [1.29, 1.82) is 5.26 Å². The van der Waals surface area contributed by atoms with Gasteiger partial charge in [0.15, 0.2) is 6.19 Å². The maximum atomic E-state index is 8.56. The Bertz CT molecular complexity index is 631. The molecule has 9 N–H and O–H groups in total. The average molecular weight is 498 g/mol. The quantitative estimate of drug-likeness (QED) is 0.0613. The zero-order valence-corrected chi connectivity index (χ0v) is 24.0. The molecule has 0 amide bonds. The Morgan fingerprint density at radius 1 is 0.886 bits per heavy atom. The lowest BCUT2D eigenvalue weighted by atomic mass is 9.97. The molecule has 0 heterocycles. The average Bonchev–Trinajstić information content (AvgIpc) is 2.80. The third-order valence-electron chi connectivity index (χ3n) is 5.10. The first kappa shape index (κ1) is 37.2. The molecule has 0 rings (SSSR count). The van der Waals surface area contributed by atoms with E-state index in [2.05, 4.69) is 20.3 Å². The van der Waals surface area contributed by atoms with Crippen molar-refractivity contribution in [1.82, 2.24) is 5.32 Å². The molecule has 0 fully saturated rings. The van der Waals surface area contributed by atoms with Gasteiger partial charge in [-0.3, -0.25) is 14.8 Å². The smallest absolute Gasteiger partial charge is 0.302 e. The Balaban J connectivity index is -0.00000242. The number of quaternary nitrogens is 1. The van der Waals surface area contributed by atoms with Gasteiger partial charge in [0.05, 0.1) is 26.2 Å². The van der Waals surface area contributed by atoms with E-state index in [4.69, 9.17) is 28.2 Å². The Kier molecular flexibility index (Phi) is 24.8. The first-order valence-corrected chi connectivity index (χ1v) is 13.2. The van der Waals surface area contributed by atoms with Gasteiger partial charge < -0.3 is 22.9 Å². The molecule has 0 spiro atoms. The largest absolute Gasteiger partial charge is 0.369 e. The number of hydrogen-bond donors (Lipinski definition) is 5. The molecule has 206 valence electrons. The van der Waals surface area contributed by atoms with E-state index >= 15 is 0 Å². The molecule has 0 aromatic rings. The lowest BCUT2D eigenvalue weighted by Gasteiger charge is -2.27. The van der Waals surface area contributed by atoms with E-state index in [1.807, 2.05) is 55.6 Å². The number of nitrogens with zero attached hydrogens (tertiary/aromatic N) is 5. The van der Waals surface area contributed by atoms with Crippen molar-refractivity contribution >= 4 is 17.9 Å². The topological polar surface area (TPSA) is 177 Å². The monoisotopic (exact) mass is 497 g/mol. The van der Waals surface area contributed by atoms with Crippen molar-refractivity contribution in [3.63, 3.8) is 0 Å². The Morgan fingerprint density at radius 2 is 1.43 bits per heavy atom. The normalized spacial score (nSPS) is 12.6. The number of guanidine groups is 3. The van der Waals surface area contributed by atoms with E-state index in [9.17, 15) is 0 Å². The highest BCUT2D eigenvalue weighted by Crippen LogP contribution is 2.18. The molecule has 0 aliphatic rings. The summed E-state index contributed by atoms with van der Waals surface area (Å²) in [6, 6.07) is 0. The van der Waals surface area contributed by atoms with Crippen LogP contribution in [0.5, 0.6) is 0 Å². The molecule has 0 radical (unpaired) electrons. The van der Waals surface area contributed by atoms with Gasteiger partial charge in [0.1, 0.15) is 0 Å². The lowest BCUT2D eigenvalue weighted by molar-refractivity contribution is -0.800.